The van der Waals surface area contributed by atoms with Gasteiger partial charge in [-0.15, -0.1) is 0 Å². The van der Waals surface area contributed by atoms with Crippen LogP contribution in [0.5, 0.6) is 0 Å². The molecule has 2 aliphatic rings. The van der Waals surface area contributed by atoms with Crippen LogP contribution in [0, 0.1) is 0 Å². The van der Waals surface area contributed by atoms with E-state index >= 15 is 0 Å². The van der Waals surface area contributed by atoms with E-state index in [1.54, 1.807) is 0 Å². The quantitative estimate of drug-likeness (QED) is 0.170. The number of para-hydroxylation sites is 2. The van der Waals surface area contributed by atoms with Gasteiger partial charge in [0.15, 0.2) is 0 Å². The molecule has 0 radical (unpaired) electrons. The average molecular weight is 711 g/mol. The molecular formula is C51H38N2S. The van der Waals surface area contributed by atoms with E-state index in [0.29, 0.717) is 0 Å². The second kappa shape index (κ2) is 13.0. The highest BCUT2D eigenvalue weighted by molar-refractivity contribution is 7.99. The summed E-state index contributed by atoms with van der Waals surface area (Å²) in [5, 5.41) is 0. The molecule has 8 aromatic rings. The minimum atomic E-state index is -0.0876. The predicted molar refractivity (Wildman–Crippen MR) is 228 cm³/mol. The van der Waals surface area contributed by atoms with E-state index in [1.165, 1.54) is 71.4 Å². The standard InChI is InChI=1S/C51H38N2S/c1-51(2)45-18-10-9-17-43(45)44-31-30-42(34-46(44)51)52(40-26-21-36(22-27-40)35-13-5-3-6-14-35)41-28-23-37(24-29-41)38-25-32-48-50(33-38)54-49-20-12-11-19-47(49)53(48)39-15-7-4-8-16-39/h3-34H,1-2H3. The van der Waals surface area contributed by atoms with Crippen molar-refractivity contribution in [2.75, 3.05) is 9.80 Å². The molecule has 0 saturated heterocycles. The van der Waals surface area contributed by atoms with Crippen LogP contribution in [0.25, 0.3) is 33.4 Å². The molecule has 0 atom stereocenters. The van der Waals surface area contributed by atoms with Gasteiger partial charge in [0.1, 0.15) is 0 Å². The Balaban J connectivity index is 1.04. The van der Waals surface area contributed by atoms with Crippen molar-refractivity contribution < 1.29 is 0 Å². The van der Waals surface area contributed by atoms with E-state index < -0.39 is 0 Å². The van der Waals surface area contributed by atoms with Crippen LogP contribution in [0.15, 0.2) is 204 Å². The highest BCUT2D eigenvalue weighted by Crippen LogP contribution is 2.53. The van der Waals surface area contributed by atoms with Gasteiger partial charge in [-0.2, -0.15) is 0 Å². The molecule has 0 amide bonds. The maximum atomic E-state index is 2.41. The molecule has 0 saturated carbocycles. The van der Waals surface area contributed by atoms with E-state index in [2.05, 4.69) is 218 Å². The Morgan fingerprint density at radius 1 is 0.407 bits per heavy atom. The van der Waals surface area contributed by atoms with Gasteiger partial charge in [0, 0.05) is 38.0 Å². The summed E-state index contributed by atoms with van der Waals surface area (Å²) in [6.07, 6.45) is 0. The van der Waals surface area contributed by atoms with Crippen molar-refractivity contribution >= 4 is 45.9 Å². The number of fused-ring (bicyclic) bond motifs is 5. The highest BCUT2D eigenvalue weighted by Gasteiger charge is 2.35. The average Bonchev–Trinajstić information content (AvgIpc) is 3.46. The van der Waals surface area contributed by atoms with Crippen LogP contribution in [0.3, 0.4) is 0 Å². The lowest BCUT2D eigenvalue weighted by atomic mass is 9.82. The lowest BCUT2D eigenvalue weighted by Crippen LogP contribution is -2.16. The Morgan fingerprint density at radius 2 is 0.944 bits per heavy atom. The first kappa shape index (κ1) is 32.4. The minimum Gasteiger partial charge on any atom is -0.310 e. The summed E-state index contributed by atoms with van der Waals surface area (Å²) in [6, 6.07) is 70.8. The molecule has 1 aliphatic heterocycles. The van der Waals surface area contributed by atoms with Gasteiger partial charge in [0.25, 0.3) is 0 Å². The van der Waals surface area contributed by atoms with Crippen molar-refractivity contribution in [3.8, 4) is 33.4 Å². The van der Waals surface area contributed by atoms with E-state index in [-0.39, 0.29) is 5.41 Å². The second-order valence-corrected chi connectivity index (χ2v) is 15.7. The predicted octanol–water partition coefficient (Wildman–Crippen LogP) is 14.7. The van der Waals surface area contributed by atoms with Crippen LogP contribution in [-0.2, 0) is 5.41 Å². The van der Waals surface area contributed by atoms with Gasteiger partial charge in [0.2, 0.25) is 0 Å². The Kier molecular flexibility index (Phi) is 7.78. The smallest absolute Gasteiger partial charge is 0.0602 e. The largest absolute Gasteiger partial charge is 0.310 e. The molecule has 3 heteroatoms. The van der Waals surface area contributed by atoms with Crippen LogP contribution >= 0.6 is 11.8 Å². The molecule has 8 aromatic carbocycles. The molecule has 0 aromatic heterocycles. The van der Waals surface area contributed by atoms with E-state index in [4.69, 9.17) is 0 Å². The zero-order valence-corrected chi connectivity index (χ0v) is 31.1. The van der Waals surface area contributed by atoms with Gasteiger partial charge in [-0.25, -0.2) is 0 Å². The first-order valence-electron chi connectivity index (χ1n) is 18.6. The third-order valence-electron chi connectivity index (χ3n) is 11.1. The topological polar surface area (TPSA) is 6.48 Å². The van der Waals surface area contributed by atoms with Crippen molar-refractivity contribution in [2.45, 2.75) is 29.1 Å². The van der Waals surface area contributed by atoms with E-state index in [0.717, 1.165) is 17.1 Å². The second-order valence-electron chi connectivity index (χ2n) is 14.6. The Hall–Kier alpha value is -6.29. The van der Waals surface area contributed by atoms with Crippen molar-refractivity contribution in [1.29, 1.82) is 0 Å². The SMILES string of the molecule is CC1(C)c2ccccc2-c2ccc(N(c3ccc(-c4ccccc4)cc3)c3ccc(-c4ccc5c(c4)Sc4ccccc4N5c4ccccc4)cc3)cc21. The van der Waals surface area contributed by atoms with Gasteiger partial charge in [-0.1, -0.05) is 147 Å². The fourth-order valence-corrected chi connectivity index (χ4v) is 9.40. The molecule has 1 heterocycles. The number of hydrogen-bond acceptors (Lipinski definition) is 3. The zero-order valence-electron chi connectivity index (χ0n) is 30.3. The summed E-state index contributed by atoms with van der Waals surface area (Å²) in [4.78, 5) is 7.29. The summed E-state index contributed by atoms with van der Waals surface area (Å²) in [5.74, 6) is 0. The molecule has 1 aliphatic carbocycles. The van der Waals surface area contributed by atoms with Crippen molar-refractivity contribution in [3.63, 3.8) is 0 Å². The molecule has 10 rings (SSSR count). The normalized spacial score (nSPS) is 13.4. The maximum absolute atomic E-state index is 2.41. The van der Waals surface area contributed by atoms with E-state index in [9.17, 15) is 0 Å². The van der Waals surface area contributed by atoms with Gasteiger partial charge in [0.05, 0.1) is 11.4 Å². The number of nitrogens with zero attached hydrogens (tertiary/aromatic N) is 2. The summed E-state index contributed by atoms with van der Waals surface area (Å²) in [6.45, 7) is 4.70. The first-order valence-corrected chi connectivity index (χ1v) is 19.4. The number of benzene rings is 8. The summed E-state index contributed by atoms with van der Waals surface area (Å²) in [7, 11) is 0. The summed E-state index contributed by atoms with van der Waals surface area (Å²) < 4.78 is 0. The van der Waals surface area contributed by atoms with Crippen LogP contribution < -0.4 is 9.80 Å². The van der Waals surface area contributed by atoms with Gasteiger partial charge >= 0.3 is 0 Å². The fourth-order valence-electron chi connectivity index (χ4n) is 8.31. The van der Waals surface area contributed by atoms with Gasteiger partial charge in [-0.3, -0.25) is 0 Å². The molecule has 0 bridgehead atoms. The monoisotopic (exact) mass is 710 g/mol. The Morgan fingerprint density at radius 3 is 1.69 bits per heavy atom. The fraction of sp³-hybridized carbons (Fsp3) is 0.0588. The van der Waals surface area contributed by atoms with Crippen LogP contribution in [0.4, 0.5) is 34.1 Å². The zero-order chi connectivity index (χ0) is 36.2. The number of rotatable bonds is 6. The molecule has 0 fully saturated rings. The van der Waals surface area contributed by atoms with Gasteiger partial charge < -0.3 is 9.80 Å². The van der Waals surface area contributed by atoms with Crippen LogP contribution in [0.2, 0.25) is 0 Å². The first-order chi connectivity index (χ1) is 26.5. The highest BCUT2D eigenvalue weighted by atomic mass is 32.2. The lowest BCUT2D eigenvalue weighted by Gasteiger charge is -2.33. The molecular weight excluding hydrogens is 673 g/mol. The molecule has 2 nitrogen and oxygen atoms in total. The summed E-state index contributed by atoms with van der Waals surface area (Å²) in [5.41, 5.74) is 17.1. The molecule has 258 valence electrons. The van der Waals surface area contributed by atoms with Crippen LogP contribution in [-0.4, -0.2) is 0 Å². The number of anilines is 6. The molecule has 0 N–H and O–H groups in total. The van der Waals surface area contributed by atoms with E-state index in [1.807, 2.05) is 11.8 Å². The third-order valence-corrected chi connectivity index (χ3v) is 12.2. The lowest BCUT2D eigenvalue weighted by molar-refractivity contribution is 0.660. The third kappa shape index (κ3) is 5.43. The Bertz CT molecular complexity index is 2650. The van der Waals surface area contributed by atoms with Gasteiger partial charge in [-0.05, 0) is 117 Å². The summed E-state index contributed by atoms with van der Waals surface area (Å²) >= 11 is 1.85. The molecule has 54 heavy (non-hydrogen) atoms. The van der Waals surface area contributed by atoms with Crippen molar-refractivity contribution in [1.82, 2.24) is 0 Å². The molecule has 0 spiro atoms. The molecule has 0 unspecified atom stereocenters. The van der Waals surface area contributed by atoms with Crippen molar-refractivity contribution in [3.05, 3.63) is 205 Å². The van der Waals surface area contributed by atoms with Crippen molar-refractivity contribution in [2.24, 2.45) is 0 Å². The minimum absolute atomic E-state index is 0.0876. The van der Waals surface area contributed by atoms with Crippen LogP contribution in [0.1, 0.15) is 25.0 Å². The number of hydrogen-bond donors (Lipinski definition) is 0. The maximum Gasteiger partial charge on any atom is 0.0602 e. The Labute approximate surface area is 322 Å².